The van der Waals surface area contributed by atoms with Crippen LogP contribution in [0.1, 0.15) is 11.3 Å². The maximum absolute atomic E-state index is 12.1. The molecule has 1 fully saturated rings. The van der Waals surface area contributed by atoms with Gasteiger partial charge in [-0.15, -0.1) is 11.8 Å². The Kier molecular flexibility index (Phi) is 4.39. The molecule has 0 radical (unpaired) electrons. The van der Waals surface area contributed by atoms with Gasteiger partial charge in [0.1, 0.15) is 11.2 Å². The Morgan fingerprint density at radius 3 is 2.80 bits per heavy atom. The molecule has 1 aliphatic rings. The van der Waals surface area contributed by atoms with Crippen molar-refractivity contribution in [3.05, 3.63) is 22.5 Å². The van der Waals surface area contributed by atoms with Crippen LogP contribution in [0.5, 0.6) is 0 Å². The smallest absolute Gasteiger partial charge is 0.327 e. The summed E-state index contributed by atoms with van der Waals surface area (Å²) in [5.74, 6) is -0.504. The summed E-state index contributed by atoms with van der Waals surface area (Å²) in [4.78, 5) is 24.4. The quantitative estimate of drug-likeness (QED) is 0.853. The van der Waals surface area contributed by atoms with Gasteiger partial charge in [-0.3, -0.25) is 9.48 Å². The Labute approximate surface area is 125 Å². The number of rotatable bonds is 3. The van der Waals surface area contributed by atoms with Crippen molar-refractivity contribution in [2.45, 2.75) is 13.0 Å². The van der Waals surface area contributed by atoms with E-state index in [2.05, 4.69) is 5.10 Å². The van der Waals surface area contributed by atoms with Crippen LogP contribution >= 0.6 is 23.4 Å². The zero-order valence-corrected chi connectivity index (χ0v) is 12.6. The second-order valence-electron chi connectivity index (χ2n) is 4.41. The lowest BCUT2D eigenvalue weighted by Gasteiger charge is -2.18. The molecule has 1 aromatic rings. The third-order valence-electron chi connectivity index (χ3n) is 3.04. The van der Waals surface area contributed by atoms with Gasteiger partial charge in [0.25, 0.3) is 0 Å². The third-order valence-corrected chi connectivity index (χ3v) is 4.50. The summed E-state index contributed by atoms with van der Waals surface area (Å²) < 4.78 is 1.52. The highest BCUT2D eigenvalue weighted by molar-refractivity contribution is 7.99. The molecule has 1 aliphatic heterocycles. The number of carbonyl (C=O) groups excluding carboxylic acids is 1. The van der Waals surface area contributed by atoms with Crippen molar-refractivity contribution in [2.75, 3.05) is 11.6 Å². The van der Waals surface area contributed by atoms with Crippen LogP contribution in [0.3, 0.4) is 0 Å². The average Bonchev–Trinajstić information content (AvgIpc) is 2.95. The second-order valence-corrected chi connectivity index (χ2v) is 5.77. The van der Waals surface area contributed by atoms with Crippen molar-refractivity contribution in [3.63, 3.8) is 0 Å². The van der Waals surface area contributed by atoms with Crippen LogP contribution in [-0.2, 0) is 16.6 Å². The first-order chi connectivity index (χ1) is 9.41. The molecule has 1 saturated heterocycles. The van der Waals surface area contributed by atoms with Crippen LogP contribution in [-0.4, -0.2) is 49.3 Å². The molecule has 0 spiro atoms. The van der Waals surface area contributed by atoms with Crippen molar-refractivity contribution in [2.24, 2.45) is 7.05 Å². The third kappa shape index (κ3) is 2.83. The molecule has 2 heterocycles. The molecule has 0 bridgehead atoms. The molecule has 0 saturated carbocycles. The predicted octanol–water partition coefficient (Wildman–Crippen LogP) is 1.38. The van der Waals surface area contributed by atoms with Gasteiger partial charge in [0.15, 0.2) is 0 Å². The lowest BCUT2D eigenvalue weighted by molar-refractivity contribution is -0.146. The van der Waals surface area contributed by atoms with Crippen LogP contribution in [0.4, 0.5) is 0 Å². The summed E-state index contributed by atoms with van der Waals surface area (Å²) in [6.07, 6.45) is 2.92. The fourth-order valence-electron chi connectivity index (χ4n) is 1.95. The SMILES string of the molecule is Cc1nn(C)c(Cl)c1/C=C/C(=O)N1CSC[C@H]1C(=O)O. The summed E-state index contributed by atoms with van der Waals surface area (Å²) in [6, 6.07) is -0.761. The highest BCUT2D eigenvalue weighted by Crippen LogP contribution is 2.23. The molecule has 1 aromatic heterocycles. The minimum absolute atomic E-state index is 0.332. The van der Waals surface area contributed by atoms with Gasteiger partial charge < -0.3 is 10.0 Å². The van der Waals surface area contributed by atoms with Gasteiger partial charge >= 0.3 is 5.97 Å². The van der Waals surface area contributed by atoms with Gasteiger partial charge in [-0.25, -0.2) is 4.79 Å². The Morgan fingerprint density at radius 1 is 1.55 bits per heavy atom. The lowest BCUT2D eigenvalue weighted by atomic mass is 10.2. The van der Waals surface area contributed by atoms with Crippen molar-refractivity contribution < 1.29 is 14.7 Å². The van der Waals surface area contributed by atoms with E-state index in [0.717, 1.165) is 0 Å². The average molecular weight is 316 g/mol. The van der Waals surface area contributed by atoms with E-state index in [1.807, 2.05) is 0 Å². The van der Waals surface area contributed by atoms with Crippen molar-refractivity contribution in [3.8, 4) is 0 Å². The highest BCUT2D eigenvalue weighted by Gasteiger charge is 2.33. The number of carbonyl (C=O) groups is 2. The van der Waals surface area contributed by atoms with Crippen molar-refractivity contribution >= 4 is 41.3 Å². The zero-order valence-electron chi connectivity index (χ0n) is 11.0. The zero-order chi connectivity index (χ0) is 14.9. The summed E-state index contributed by atoms with van der Waals surface area (Å²) in [5.41, 5.74) is 1.38. The normalized spacial score (nSPS) is 18.9. The number of aromatic nitrogens is 2. The van der Waals surface area contributed by atoms with Gasteiger partial charge in [-0.1, -0.05) is 11.6 Å². The summed E-state index contributed by atoms with van der Waals surface area (Å²) >= 11 is 7.49. The van der Waals surface area contributed by atoms with E-state index < -0.39 is 12.0 Å². The molecular weight excluding hydrogens is 302 g/mol. The number of carboxylic acids is 1. The van der Waals surface area contributed by atoms with Gasteiger partial charge in [-0.05, 0) is 13.0 Å². The molecule has 1 amide bonds. The molecule has 1 N–H and O–H groups in total. The van der Waals surface area contributed by atoms with E-state index >= 15 is 0 Å². The van der Waals surface area contributed by atoms with E-state index in [9.17, 15) is 9.59 Å². The minimum atomic E-state index is -0.979. The lowest BCUT2D eigenvalue weighted by Crippen LogP contribution is -2.40. The molecule has 20 heavy (non-hydrogen) atoms. The number of nitrogens with zero attached hydrogens (tertiary/aromatic N) is 3. The number of amides is 1. The molecule has 2 rings (SSSR count). The van der Waals surface area contributed by atoms with Crippen LogP contribution in [0, 0.1) is 6.92 Å². The van der Waals surface area contributed by atoms with E-state index in [0.29, 0.717) is 28.0 Å². The number of carboxylic acid groups (broad SMARTS) is 1. The molecule has 108 valence electrons. The van der Waals surface area contributed by atoms with E-state index in [1.54, 1.807) is 20.0 Å². The van der Waals surface area contributed by atoms with Crippen molar-refractivity contribution in [1.82, 2.24) is 14.7 Å². The monoisotopic (exact) mass is 315 g/mol. The number of thioether (sulfide) groups is 1. The highest BCUT2D eigenvalue weighted by atomic mass is 35.5. The number of aliphatic carboxylic acids is 1. The van der Waals surface area contributed by atoms with E-state index in [4.69, 9.17) is 16.7 Å². The largest absolute Gasteiger partial charge is 0.480 e. The fourth-order valence-corrected chi connectivity index (χ4v) is 3.34. The first kappa shape index (κ1) is 14.9. The standard InChI is InChI=1S/C12H14ClN3O3S/c1-7-8(11(13)15(2)14-7)3-4-10(17)16-6-20-5-9(16)12(18)19/h3-4,9H,5-6H2,1-2H3,(H,18,19)/b4-3+/t9-/m0/s1. The van der Waals surface area contributed by atoms with E-state index in [-0.39, 0.29) is 5.91 Å². The first-order valence-electron chi connectivity index (χ1n) is 5.90. The number of hydrogen-bond acceptors (Lipinski definition) is 4. The molecule has 8 heteroatoms. The molecule has 0 aromatic carbocycles. The molecular formula is C12H14ClN3O3S. The predicted molar refractivity (Wildman–Crippen MR) is 77.6 cm³/mol. The van der Waals surface area contributed by atoms with Gasteiger partial charge in [0, 0.05) is 24.4 Å². The topological polar surface area (TPSA) is 75.4 Å². The molecule has 0 unspecified atom stereocenters. The maximum Gasteiger partial charge on any atom is 0.327 e. The fraction of sp³-hybridized carbons (Fsp3) is 0.417. The second kappa shape index (κ2) is 5.88. The minimum Gasteiger partial charge on any atom is -0.480 e. The van der Waals surface area contributed by atoms with Gasteiger partial charge in [0.05, 0.1) is 11.6 Å². The first-order valence-corrected chi connectivity index (χ1v) is 7.43. The summed E-state index contributed by atoms with van der Waals surface area (Å²) in [5, 5.41) is 13.6. The van der Waals surface area contributed by atoms with Crippen LogP contribution in [0.15, 0.2) is 6.08 Å². The summed E-state index contributed by atoms with van der Waals surface area (Å²) in [6.45, 7) is 1.79. The van der Waals surface area contributed by atoms with Crippen molar-refractivity contribution in [1.29, 1.82) is 0 Å². The Bertz CT molecular complexity index is 585. The van der Waals surface area contributed by atoms with Gasteiger partial charge in [0.2, 0.25) is 5.91 Å². The summed E-state index contributed by atoms with van der Waals surface area (Å²) in [7, 11) is 1.71. The Hall–Kier alpha value is -1.47. The van der Waals surface area contributed by atoms with Crippen LogP contribution in [0.2, 0.25) is 5.15 Å². The Balaban J connectivity index is 2.15. The van der Waals surface area contributed by atoms with Gasteiger partial charge in [-0.2, -0.15) is 5.10 Å². The van der Waals surface area contributed by atoms with E-state index in [1.165, 1.54) is 27.4 Å². The number of halogens is 1. The molecule has 6 nitrogen and oxygen atoms in total. The maximum atomic E-state index is 12.1. The number of hydrogen-bond donors (Lipinski definition) is 1. The molecule has 1 atom stereocenters. The number of aryl methyl sites for hydroxylation is 2. The Morgan fingerprint density at radius 2 is 2.25 bits per heavy atom. The van der Waals surface area contributed by atoms with Crippen LogP contribution in [0.25, 0.3) is 6.08 Å². The molecule has 0 aliphatic carbocycles. The van der Waals surface area contributed by atoms with Crippen LogP contribution < -0.4 is 0 Å².